The van der Waals surface area contributed by atoms with E-state index in [0.717, 1.165) is 31.0 Å². The zero-order valence-electron chi connectivity index (χ0n) is 18.6. The predicted octanol–water partition coefficient (Wildman–Crippen LogP) is 2.72. The molecule has 172 valence electrons. The molecule has 0 aromatic heterocycles. The Kier molecular flexibility index (Phi) is 9.96. The summed E-state index contributed by atoms with van der Waals surface area (Å²) in [5, 5.41) is 5.92. The Morgan fingerprint density at radius 3 is 2.38 bits per heavy atom. The third-order valence-electron chi connectivity index (χ3n) is 5.73. The van der Waals surface area contributed by atoms with Crippen molar-refractivity contribution >= 4 is 41.8 Å². The van der Waals surface area contributed by atoms with E-state index in [1.54, 1.807) is 12.1 Å². The van der Waals surface area contributed by atoms with Crippen LogP contribution in [0, 0.1) is 5.92 Å². The van der Waals surface area contributed by atoms with Crippen molar-refractivity contribution in [1.82, 2.24) is 15.5 Å². The van der Waals surface area contributed by atoms with Crippen LogP contribution in [0.15, 0.2) is 59.6 Å². The molecule has 0 radical (unpaired) electrons. The molecule has 2 amide bonds. The van der Waals surface area contributed by atoms with Gasteiger partial charge in [-0.1, -0.05) is 49.4 Å². The smallest absolute Gasteiger partial charge is 0.251 e. The van der Waals surface area contributed by atoms with Crippen LogP contribution in [0.25, 0.3) is 0 Å². The second-order valence-corrected chi connectivity index (χ2v) is 7.98. The molecule has 1 heterocycles. The number of nitrogens with one attached hydrogen (secondary N) is 2. The Hall–Kier alpha value is -2.62. The Balaban J connectivity index is 0.00000363. The van der Waals surface area contributed by atoms with Gasteiger partial charge in [-0.05, 0) is 41.5 Å². The van der Waals surface area contributed by atoms with Gasteiger partial charge in [0, 0.05) is 32.2 Å². The summed E-state index contributed by atoms with van der Waals surface area (Å²) >= 11 is 0. The number of hydrogen-bond donors (Lipinski definition) is 3. The first kappa shape index (κ1) is 25.6. The molecule has 2 atom stereocenters. The van der Waals surface area contributed by atoms with Crippen LogP contribution in [0.5, 0.6) is 0 Å². The lowest BCUT2D eigenvalue weighted by atomic mass is 9.82. The second-order valence-electron chi connectivity index (χ2n) is 7.98. The highest BCUT2D eigenvalue weighted by atomic mass is 127. The van der Waals surface area contributed by atoms with E-state index in [1.165, 1.54) is 5.56 Å². The Bertz CT molecular complexity index is 918. The highest BCUT2D eigenvalue weighted by Gasteiger charge is 2.28. The maximum absolute atomic E-state index is 12.0. The van der Waals surface area contributed by atoms with Crippen molar-refractivity contribution in [3.05, 3.63) is 71.3 Å². The molecule has 0 spiro atoms. The highest BCUT2D eigenvalue weighted by molar-refractivity contribution is 14.0. The van der Waals surface area contributed by atoms with Crippen molar-refractivity contribution in [2.45, 2.75) is 25.8 Å². The summed E-state index contributed by atoms with van der Waals surface area (Å²) in [6.07, 6.45) is 1.10. The number of benzene rings is 2. The van der Waals surface area contributed by atoms with Gasteiger partial charge >= 0.3 is 0 Å². The summed E-state index contributed by atoms with van der Waals surface area (Å²) < 4.78 is 0. The second kappa shape index (κ2) is 12.4. The van der Waals surface area contributed by atoms with Gasteiger partial charge in [0.1, 0.15) is 0 Å². The van der Waals surface area contributed by atoms with Crippen molar-refractivity contribution < 1.29 is 9.59 Å². The zero-order valence-corrected chi connectivity index (χ0v) is 20.9. The average molecular weight is 549 g/mol. The molecule has 0 saturated carbocycles. The van der Waals surface area contributed by atoms with Crippen LogP contribution in [0.1, 0.15) is 40.7 Å². The molecule has 32 heavy (non-hydrogen) atoms. The van der Waals surface area contributed by atoms with Gasteiger partial charge in [-0.15, -0.1) is 24.0 Å². The maximum Gasteiger partial charge on any atom is 0.251 e. The maximum atomic E-state index is 12.0. The third-order valence-corrected chi connectivity index (χ3v) is 5.73. The van der Waals surface area contributed by atoms with Crippen LogP contribution in [-0.4, -0.2) is 49.4 Å². The van der Waals surface area contributed by atoms with Crippen LogP contribution in [-0.2, 0) is 11.3 Å². The predicted molar refractivity (Wildman–Crippen MR) is 138 cm³/mol. The van der Waals surface area contributed by atoms with Gasteiger partial charge in [0.2, 0.25) is 5.91 Å². The molecule has 1 aliphatic rings. The largest absolute Gasteiger partial charge is 0.368 e. The molecule has 2 aromatic rings. The average Bonchev–Trinajstić information content (AvgIpc) is 2.79. The number of rotatable bonds is 6. The standard InChI is InChI=1S/C24H31N5O2.HI/c1-17-16-29(13-12-21(17)19-6-4-3-5-7-19)24(26-2)28-14-18-8-10-20(11-9-18)23(31)27-15-22(25)30;/h3-11,17,21H,12-16H2,1-2H3,(H2,25,30)(H,26,28)(H,27,31);1H. The fourth-order valence-electron chi connectivity index (χ4n) is 4.09. The summed E-state index contributed by atoms with van der Waals surface area (Å²) in [4.78, 5) is 29.6. The SMILES string of the molecule is CN=C(NCc1ccc(C(=O)NCC(N)=O)cc1)N1CCC(c2ccccc2)C(C)C1.I. The summed E-state index contributed by atoms with van der Waals surface area (Å²) in [5.74, 6) is 1.12. The molecule has 2 unspecified atom stereocenters. The molecule has 3 rings (SSSR count). The van der Waals surface area contributed by atoms with Gasteiger partial charge in [0.15, 0.2) is 5.96 Å². The normalized spacial score (nSPS) is 18.4. The minimum absolute atomic E-state index is 0. The van der Waals surface area contributed by atoms with Crippen LogP contribution >= 0.6 is 24.0 Å². The quantitative estimate of drug-likeness (QED) is 0.293. The summed E-state index contributed by atoms with van der Waals surface area (Å²) in [6, 6.07) is 18.0. The summed E-state index contributed by atoms with van der Waals surface area (Å²) in [6.45, 7) is 4.67. The lowest BCUT2D eigenvalue weighted by Gasteiger charge is -2.39. The van der Waals surface area contributed by atoms with Crippen molar-refractivity contribution in [3.8, 4) is 0 Å². The minimum atomic E-state index is -0.567. The molecule has 1 aliphatic heterocycles. The van der Waals surface area contributed by atoms with Crippen LogP contribution in [0.4, 0.5) is 0 Å². The van der Waals surface area contributed by atoms with E-state index in [4.69, 9.17) is 5.73 Å². The molecule has 8 heteroatoms. The lowest BCUT2D eigenvalue weighted by molar-refractivity contribution is -0.117. The van der Waals surface area contributed by atoms with E-state index in [0.29, 0.717) is 23.9 Å². The number of nitrogens with zero attached hydrogens (tertiary/aromatic N) is 2. The summed E-state index contributed by atoms with van der Waals surface area (Å²) in [5.41, 5.74) is 8.00. The number of likely N-dealkylation sites (tertiary alicyclic amines) is 1. The molecule has 2 aromatic carbocycles. The molecule has 0 aliphatic carbocycles. The van der Waals surface area contributed by atoms with Gasteiger partial charge in [-0.2, -0.15) is 0 Å². The molecular formula is C24H32IN5O2. The molecule has 0 bridgehead atoms. The van der Waals surface area contributed by atoms with Crippen molar-refractivity contribution in [2.75, 3.05) is 26.7 Å². The van der Waals surface area contributed by atoms with E-state index in [1.807, 2.05) is 19.2 Å². The van der Waals surface area contributed by atoms with Gasteiger partial charge in [-0.25, -0.2) is 0 Å². The van der Waals surface area contributed by atoms with Gasteiger partial charge in [-0.3, -0.25) is 14.6 Å². The first-order valence-corrected chi connectivity index (χ1v) is 10.6. The number of piperidine rings is 1. The molecular weight excluding hydrogens is 517 g/mol. The number of aliphatic imine (C=N–C) groups is 1. The minimum Gasteiger partial charge on any atom is -0.368 e. The van der Waals surface area contributed by atoms with Crippen molar-refractivity contribution in [1.29, 1.82) is 0 Å². The van der Waals surface area contributed by atoms with E-state index in [9.17, 15) is 9.59 Å². The first-order chi connectivity index (χ1) is 15.0. The van der Waals surface area contributed by atoms with Crippen LogP contribution < -0.4 is 16.4 Å². The van der Waals surface area contributed by atoms with E-state index in [-0.39, 0.29) is 36.4 Å². The first-order valence-electron chi connectivity index (χ1n) is 10.6. The van der Waals surface area contributed by atoms with Crippen molar-refractivity contribution in [3.63, 3.8) is 0 Å². The number of hydrogen-bond acceptors (Lipinski definition) is 3. The fraction of sp³-hybridized carbons (Fsp3) is 0.375. The fourth-order valence-corrected chi connectivity index (χ4v) is 4.09. The van der Waals surface area contributed by atoms with E-state index in [2.05, 4.69) is 57.8 Å². The molecule has 1 saturated heterocycles. The Labute approximate surface area is 206 Å². The van der Waals surface area contributed by atoms with E-state index < -0.39 is 5.91 Å². The monoisotopic (exact) mass is 549 g/mol. The van der Waals surface area contributed by atoms with Gasteiger partial charge in [0.25, 0.3) is 5.91 Å². The molecule has 4 N–H and O–H groups in total. The number of carbonyl (C=O) groups excluding carboxylic acids is 2. The summed E-state index contributed by atoms with van der Waals surface area (Å²) in [7, 11) is 1.81. The lowest BCUT2D eigenvalue weighted by Crippen LogP contribution is -2.47. The molecule has 7 nitrogen and oxygen atoms in total. The zero-order chi connectivity index (χ0) is 22.2. The van der Waals surface area contributed by atoms with Crippen LogP contribution in [0.3, 0.4) is 0 Å². The number of nitrogens with two attached hydrogens (primary N) is 1. The van der Waals surface area contributed by atoms with E-state index >= 15 is 0 Å². The number of halogens is 1. The number of primary amides is 1. The number of amides is 2. The Morgan fingerprint density at radius 2 is 1.78 bits per heavy atom. The number of carbonyl (C=O) groups is 2. The van der Waals surface area contributed by atoms with Crippen LogP contribution in [0.2, 0.25) is 0 Å². The number of guanidine groups is 1. The Morgan fingerprint density at radius 1 is 1.09 bits per heavy atom. The molecule has 1 fully saturated rings. The van der Waals surface area contributed by atoms with Gasteiger partial charge in [0.05, 0.1) is 6.54 Å². The van der Waals surface area contributed by atoms with Crippen molar-refractivity contribution in [2.24, 2.45) is 16.6 Å². The third kappa shape index (κ3) is 6.94. The topological polar surface area (TPSA) is 99.8 Å². The highest BCUT2D eigenvalue weighted by Crippen LogP contribution is 2.32. The van der Waals surface area contributed by atoms with Gasteiger partial charge < -0.3 is 21.3 Å².